The standard InChI is InChI=1S/C10H21NO3S/c1-7(2)9-5-4-8(3)6-10(9)14-15(11,12)13/h7-10H,4-6H2,1-3H3,(H2,11,12,13)/t8-,9+,10-/m1/s1. The molecule has 2 N–H and O–H groups in total. The average molecular weight is 235 g/mol. The van der Waals surface area contributed by atoms with Crippen molar-refractivity contribution in [2.75, 3.05) is 0 Å². The predicted octanol–water partition coefficient (Wildman–Crippen LogP) is 1.67. The van der Waals surface area contributed by atoms with Crippen LogP contribution in [0.2, 0.25) is 0 Å². The predicted molar refractivity (Wildman–Crippen MR) is 59.3 cm³/mol. The van der Waals surface area contributed by atoms with E-state index in [9.17, 15) is 8.42 Å². The summed E-state index contributed by atoms with van der Waals surface area (Å²) in [6.07, 6.45) is 2.73. The van der Waals surface area contributed by atoms with Crippen molar-refractivity contribution in [3.63, 3.8) is 0 Å². The second-order valence-electron chi connectivity index (χ2n) is 4.95. The third-order valence-electron chi connectivity index (χ3n) is 3.22. The highest BCUT2D eigenvalue weighted by Crippen LogP contribution is 2.35. The largest absolute Gasteiger partial charge is 0.333 e. The van der Waals surface area contributed by atoms with Gasteiger partial charge in [0.15, 0.2) is 0 Å². The molecule has 0 aromatic heterocycles. The minimum Gasteiger partial charge on any atom is -0.255 e. The summed E-state index contributed by atoms with van der Waals surface area (Å²) in [6, 6.07) is 0. The summed E-state index contributed by atoms with van der Waals surface area (Å²) >= 11 is 0. The maximum atomic E-state index is 10.9. The van der Waals surface area contributed by atoms with E-state index >= 15 is 0 Å². The molecule has 0 spiro atoms. The molecule has 3 atom stereocenters. The van der Waals surface area contributed by atoms with Crippen LogP contribution >= 0.6 is 0 Å². The minimum absolute atomic E-state index is 0.233. The van der Waals surface area contributed by atoms with Crippen LogP contribution in [-0.2, 0) is 14.5 Å². The Bertz CT molecular complexity index is 300. The second kappa shape index (κ2) is 4.80. The summed E-state index contributed by atoms with van der Waals surface area (Å²) in [5.41, 5.74) is 0. The van der Waals surface area contributed by atoms with Gasteiger partial charge in [0.1, 0.15) is 0 Å². The molecule has 0 aliphatic heterocycles. The van der Waals surface area contributed by atoms with E-state index in [4.69, 9.17) is 9.32 Å². The molecule has 0 aromatic carbocycles. The summed E-state index contributed by atoms with van der Waals surface area (Å²) in [5.74, 6) is 1.26. The minimum atomic E-state index is -3.81. The summed E-state index contributed by atoms with van der Waals surface area (Å²) < 4.78 is 26.8. The van der Waals surface area contributed by atoms with Crippen molar-refractivity contribution in [3.8, 4) is 0 Å². The molecule has 0 unspecified atom stereocenters. The first kappa shape index (κ1) is 12.9. The van der Waals surface area contributed by atoms with Gasteiger partial charge in [-0.3, -0.25) is 4.18 Å². The zero-order valence-electron chi connectivity index (χ0n) is 9.64. The first-order valence-electron chi connectivity index (χ1n) is 5.50. The van der Waals surface area contributed by atoms with E-state index in [1.807, 2.05) is 0 Å². The Labute approximate surface area is 92.4 Å². The molecule has 1 fully saturated rings. The van der Waals surface area contributed by atoms with Crippen LogP contribution in [0.3, 0.4) is 0 Å². The van der Waals surface area contributed by atoms with Crippen molar-refractivity contribution in [1.82, 2.24) is 0 Å². The molecule has 5 heteroatoms. The van der Waals surface area contributed by atoms with E-state index in [0.29, 0.717) is 17.8 Å². The molecule has 0 amide bonds. The normalized spacial score (nSPS) is 33.3. The Morgan fingerprint density at radius 2 is 1.93 bits per heavy atom. The van der Waals surface area contributed by atoms with Crippen molar-refractivity contribution in [2.45, 2.75) is 46.1 Å². The fraction of sp³-hybridized carbons (Fsp3) is 1.00. The first-order valence-corrected chi connectivity index (χ1v) is 6.97. The fourth-order valence-corrected chi connectivity index (χ4v) is 2.96. The third-order valence-corrected chi connectivity index (χ3v) is 3.73. The lowest BCUT2D eigenvalue weighted by molar-refractivity contribution is 0.0512. The van der Waals surface area contributed by atoms with Crippen molar-refractivity contribution < 1.29 is 12.6 Å². The second-order valence-corrected chi connectivity index (χ2v) is 6.13. The number of hydrogen-bond acceptors (Lipinski definition) is 3. The highest BCUT2D eigenvalue weighted by atomic mass is 32.2. The Hall–Kier alpha value is -0.130. The number of nitrogens with two attached hydrogens (primary N) is 1. The van der Waals surface area contributed by atoms with Crippen molar-refractivity contribution in [1.29, 1.82) is 0 Å². The zero-order valence-corrected chi connectivity index (χ0v) is 10.5. The SMILES string of the molecule is CC(C)[C@@H]1CC[C@@H](C)C[C@H]1OS(N)(=O)=O. The van der Waals surface area contributed by atoms with Crippen LogP contribution in [0.15, 0.2) is 0 Å². The molecule has 1 aliphatic rings. The quantitative estimate of drug-likeness (QED) is 0.809. The van der Waals surface area contributed by atoms with Crippen LogP contribution in [0.25, 0.3) is 0 Å². The molecule has 15 heavy (non-hydrogen) atoms. The summed E-state index contributed by atoms with van der Waals surface area (Å²) in [7, 11) is -3.81. The van der Waals surface area contributed by atoms with Gasteiger partial charge in [-0.2, -0.15) is 8.42 Å². The van der Waals surface area contributed by atoms with E-state index in [0.717, 1.165) is 19.3 Å². The van der Waals surface area contributed by atoms with E-state index in [1.165, 1.54) is 0 Å². The molecule has 0 radical (unpaired) electrons. The van der Waals surface area contributed by atoms with Gasteiger partial charge in [-0.05, 0) is 30.6 Å². The fourth-order valence-electron chi connectivity index (χ4n) is 2.40. The molecule has 1 aliphatic carbocycles. The van der Waals surface area contributed by atoms with Gasteiger partial charge < -0.3 is 0 Å². The van der Waals surface area contributed by atoms with E-state index in [-0.39, 0.29) is 6.10 Å². The Morgan fingerprint density at radius 3 is 2.40 bits per heavy atom. The summed E-state index contributed by atoms with van der Waals surface area (Å²) in [6.45, 7) is 6.32. The highest BCUT2D eigenvalue weighted by Gasteiger charge is 2.33. The van der Waals surface area contributed by atoms with Crippen LogP contribution in [0, 0.1) is 17.8 Å². The molecule has 4 nitrogen and oxygen atoms in total. The van der Waals surface area contributed by atoms with Crippen molar-refractivity contribution >= 4 is 10.3 Å². The topological polar surface area (TPSA) is 69.4 Å². The lowest BCUT2D eigenvalue weighted by Gasteiger charge is -2.35. The van der Waals surface area contributed by atoms with Gasteiger partial charge in [0.2, 0.25) is 0 Å². The molecule has 90 valence electrons. The molecular weight excluding hydrogens is 214 g/mol. The van der Waals surface area contributed by atoms with Gasteiger partial charge in [-0.25, -0.2) is 5.14 Å². The van der Waals surface area contributed by atoms with Gasteiger partial charge in [-0.1, -0.05) is 27.2 Å². The Balaban J connectivity index is 2.70. The molecule has 1 saturated carbocycles. The van der Waals surface area contributed by atoms with Crippen molar-refractivity contribution in [3.05, 3.63) is 0 Å². The number of hydrogen-bond donors (Lipinski definition) is 1. The van der Waals surface area contributed by atoms with Crippen LogP contribution < -0.4 is 5.14 Å². The van der Waals surface area contributed by atoms with Gasteiger partial charge in [0.25, 0.3) is 0 Å². The van der Waals surface area contributed by atoms with Gasteiger partial charge >= 0.3 is 10.3 Å². The van der Waals surface area contributed by atoms with Crippen LogP contribution in [0.5, 0.6) is 0 Å². The smallest absolute Gasteiger partial charge is 0.255 e. The van der Waals surface area contributed by atoms with Crippen LogP contribution in [0.4, 0.5) is 0 Å². The molecule has 0 saturated heterocycles. The van der Waals surface area contributed by atoms with E-state index < -0.39 is 10.3 Å². The average Bonchev–Trinajstić information content (AvgIpc) is 1.99. The van der Waals surface area contributed by atoms with Crippen molar-refractivity contribution in [2.24, 2.45) is 22.9 Å². The van der Waals surface area contributed by atoms with E-state index in [1.54, 1.807) is 0 Å². The monoisotopic (exact) mass is 235 g/mol. The zero-order chi connectivity index (χ0) is 11.6. The molecule has 0 heterocycles. The maximum absolute atomic E-state index is 10.9. The Kier molecular flexibility index (Phi) is 4.14. The molecule has 1 rings (SSSR count). The lowest BCUT2D eigenvalue weighted by atomic mass is 9.75. The summed E-state index contributed by atoms with van der Waals surface area (Å²) in [5, 5.41) is 4.92. The van der Waals surface area contributed by atoms with Gasteiger partial charge in [-0.15, -0.1) is 0 Å². The maximum Gasteiger partial charge on any atom is 0.333 e. The van der Waals surface area contributed by atoms with Crippen LogP contribution in [-0.4, -0.2) is 14.5 Å². The molecular formula is C10H21NO3S. The van der Waals surface area contributed by atoms with E-state index in [2.05, 4.69) is 20.8 Å². The van der Waals surface area contributed by atoms with Gasteiger partial charge in [0, 0.05) is 0 Å². The first-order chi connectivity index (χ1) is 6.79. The van der Waals surface area contributed by atoms with Gasteiger partial charge in [0.05, 0.1) is 6.10 Å². The Morgan fingerprint density at radius 1 is 1.33 bits per heavy atom. The highest BCUT2D eigenvalue weighted by molar-refractivity contribution is 7.84. The third kappa shape index (κ3) is 4.09. The van der Waals surface area contributed by atoms with Crippen LogP contribution in [0.1, 0.15) is 40.0 Å². The number of rotatable bonds is 3. The molecule has 0 bridgehead atoms. The summed E-state index contributed by atoms with van der Waals surface area (Å²) in [4.78, 5) is 0. The molecule has 0 aromatic rings. The lowest BCUT2D eigenvalue weighted by Crippen LogP contribution is -2.37.